The average molecular weight is 337 g/mol. The fourth-order valence-electron chi connectivity index (χ4n) is 2.01. The summed E-state index contributed by atoms with van der Waals surface area (Å²) in [6.07, 6.45) is 1.56. The molecule has 0 aliphatic heterocycles. The Balaban J connectivity index is 1.61. The highest BCUT2D eigenvalue weighted by Gasteiger charge is 2.00. The van der Waals surface area contributed by atoms with Crippen molar-refractivity contribution in [2.45, 2.75) is 12.8 Å². The van der Waals surface area contributed by atoms with Gasteiger partial charge in [-0.2, -0.15) is 0 Å². The van der Waals surface area contributed by atoms with Gasteiger partial charge >= 0.3 is 6.03 Å². The van der Waals surface area contributed by atoms with Gasteiger partial charge in [-0.05, 0) is 48.2 Å². The van der Waals surface area contributed by atoms with Crippen molar-refractivity contribution in [2.75, 3.05) is 13.1 Å². The van der Waals surface area contributed by atoms with E-state index in [1.165, 1.54) is 0 Å². The summed E-state index contributed by atoms with van der Waals surface area (Å²) in [5.41, 5.74) is 2.29. The Hall–Kier alpha value is -1.71. The van der Waals surface area contributed by atoms with Gasteiger partial charge in [-0.25, -0.2) is 4.79 Å². The van der Waals surface area contributed by atoms with Crippen LogP contribution in [0.3, 0.4) is 0 Å². The van der Waals surface area contributed by atoms with Gasteiger partial charge < -0.3 is 10.6 Å². The predicted molar refractivity (Wildman–Crippen MR) is 91.7 cm³/mol. The Morgan fingerprint density at radius 2 is 1.09 bits per heavy atom. The Morgan fingerprint density at radius 1 is 0.727 bits per heavy atom. The SMILES string of the molecule is O=C(NCCc1ccc(Cl)cc1)NCCc1ccc(Cl)cc1. The summed E-state index contributed by atoms with van der Waals surface area (Å²) >= 11 is 11.7. The van der Waals surface area contributed by atoms with Crippen LogP contribution in [0.5, 0.6) is 0 Å². The number of halogens is 2. The van der Waals surface area contributed by atoms with Crippen LogP contribution in [0.1, 0.15) is 11.1 Å². The number of amides is 2. The van der Waals surface area contributed by atoms with Crippen molar-refractivity contribution < 1.29 is 4.79 Å². The molecular weight excluding hydrogens is 319 g/mol. The van der Waals surface area contributed by atoms with E-state index >= 15 is 0 Å². The Kier molecular flexibility index (Phi) is 6.56. The molecule has 0 saturated carbocycles. The molecule has 2 rings (SSSR count). The second kappa shape index (κ2) is 8.66. The number of hydrogen-bond donors (Lipinski definition) is 2. The first-order chi connectivity index (χ1) is 10.6. The molecule has 5 heteroatoms. The molecule has 2 aromatic rings. The minimum absolute atomic E-state index is 0.150. The Morgan fingerprint density at radius 3 is 1.45 bits per heavy atom. The highest BCUT2D eigenvalue weighted by molar-refractivity contribution is 6.30. The summed E-state index contributed by atoms with van der Waals surface area (Å²) in [4.78, 5) is 11.7. The standard InChI is InChI=1S/C17H18Cl2N2O/c18-15-5-1-13(2-6-15)9-11-20-17(22)21-12-10-14-3-7-16(19)8-4-14/h1-8H,9-12H2,(H2,20,21,22). The van der Waals surface area contributed by atoms with E-state index in [0.717, 1.165) is 34.0 Å². The number of nitrogens with one attached hydrogen (secondary N) is 2. The lowest BCUT2D eigenvalue weighted by molar-refractivity contribution is 0.241. The molecule has 0 heterocycles. The van der Waals surface area contributed by atoms with Gasteiger partial charge in [0.1, 0.15) is 0 Å². The predicted octanol–water partition coefficient (Wildman–Crippen LogP) is 4.08. The van der Waals surface area contributed by atoms with Crippen molar-refractivity contribution in [3.63, 3.8) is 0 Å². The van der Waals surface area contributed by atoms with Crippen molar-refractivity contribution >= 4 is 29.2 Å². The lowest BCUT2D eigenvalue weighted by Crippen LogP contribution is -2.37. The number of carbonyl (C=O) groups excluding carboxylic acids is 1. The van der Waals surface area contributed by atoms with Crippen molar-refractivity contribution in [3.05, 3.63) is 69.7 Å². The van der Waals surface area contributed by atoms with E-state index in [2.05, 4.69) is 10.6 Å². The van der Waals surface area contributed by atoms with E-state index < -0.39 is 0 Å². The first kappa shape index (κ1) is 16.7. The van der Waals surface area contributed by atoms with Gasteiger partial charge in [-0.3, -0.25) is 0 Å². The number of benzene rings is 2. The van der Waals surface area contributed by atoms with Crippen molar-refractivity contribution in [2.24, 2.45) is 0 Å². The molecule has 0 bridgehead atoms. The van der Waals surface area contributed by atoms with Crippen LogP contribution in [0.2, 0.25) is 10.0 Å². The minimum atomic E-state index is -0.150. The fourth-order valence-corrected chi connectivity index (χ4v) is 2.26. The van der Waals surface area contributed by atoms with Crippen LogP contribution in [-0.2, 0) is 12.8 Å². The van der Waals surface area contributed by atoms with Crippen molar-refractivity contribution in [3.8, 4) is 0 Å². The molecule has 22 heavy (non-hydrogen) atoms. The monoisotopic (exact) mass is 336 g/mol. The molecule has 0 aliphatic rings. The first-order valence-corrected chi connectivity index (χ1v) is 7.89. The normalized spacial score (nSPS) is 10.3. The molecule has 0 aliphatic carbocycles. The van der Waals surface area contributed by atoms with Gasteiger partial charge in [0.05, 0.1) is 0 Å². The van der Waals surface area contributed by atoms with Gasteiger partial charge in [0.15, 0.2) is 0 Å². The molecule has 116 valence electrons. The van der Waals surface area contributed by atoms with Crippen LogP contribution in [0.4, 0.5) is 4.79 Å². The number of carbonyl (C=O) groups is 1. The summed E-state index contributed by atoms with van der Waals surface area (Å²) < 4.78 is 0. The van der Waals surface area contributed by atoms with E-state index in [1.54, 1.807) is 0 Å². The van der Waals surface area contributed by atoms with E-state index in [1.807, 2.05) is 48.5 Å². The van der Waals surface area contributed by atoms with Gasteiger partial charge in [0, 0.05) is 23.1 Å². The van der Waals surface area contributed by atoms with Crippen LogP contribution in [0.25, 0.3) is 0 Å². The summed E-state index contributed by atoms with van der Waals surface area (Å²) in [6.45, 7) is 1.18. The Bertz CT molecular complexity index is 544. The van der Waals surface area contributed by atoms with E-state index in [9.17, 15) is 4.79 Å². The third-order valence-corrected chi connectivity index (χ3v) is 3.73. The molecule has 0 unspecified atom stereocenters. The van der Waals surface area contributed by atoms with Gasteiger partial charge in [0.2, 0.25) is 0 Å². The van der Waals surface area contributed by atoms with E-state index in [-0.39, 0.29) is 6.03 Å². The fraction of sp³-hybridized carbons (Fsp3) is 0.235. The zero-order valence-corrected chi connectivity index (χ0v) is 13.6. The van der Waals surface area contributed by atoms with Gasteiger partial charge in [-0.15, -0.1) is 0 Å². The molecule has 2 amide bonds. The highest BCUT2D eigenvalue weighted by Crippen LogP contribution is 2.10. The zero-order chi connectivity index (χ0) is 15.8. The molecular formula is C17H18Cl2N2O. The van der Waals surface area contributed by atoms with Crippen LogP contribution >= 0.6 is 23.2 Å². The molecule has 2 aromatic carbocycles. The summed E-state index contributed by atoms with van der Waals surface area (Å²) in [7, 11) is 0. The average Bonchev–Trinajstić information content (AvgIpc) is 2.51. The number of hydrogen-bond acceptors (Lipinski definition) is 1. The smallest absolute Gasteiger partial charge is 0.314 e. The lowest BCUT2D eigenvalue weighted by atomic mass is 10.1. The molecule has 0 fully saturated rings. The second-order valence-corrected chi connectivity index (χ2v) is 5.81. The lowest BCUT2D eigenvalue weighted by Gasteiger charge is -2.08. The van der Waals surface area contributed by atoms with E-state index in [0.29, 0.717) is 13.1 Å². The molecule has 3 nitrogen and oxygen atoms in total. The van der Waals surface area contributed by atoms with Gasteiger partial charge in [-0.1, -0.05) is 47.5 Å². The molecule has 2 N–H and O–H groups in total. The van der Waals surface area contributed by atoms with Crippen molar-refractivity contribution in [1.29, 1.82) is 0 Å². The van der Waals surface area contributed by atoms with Crippen LogP contribution in [0.15, 0.2) is 48.5 Å². The quantitative estimate of drug-likeness (QED) is 0.819. The topological polar surface area (TPSA) is 41.1 Å². The summed E-state index contributed by atoms with van der Waals surface area (Å²) in [5, 5.41) is 7.11. The number of urea groups is 1. The number of rotatable bonds is 6. The van der Waals surface area contributed by atoms with Gasteiger partial charge in [0.25, 0.3) is 0 Å². The molecule has 0 atom stereocenters. The van der Waals surface area contributed by atoms with Crippen LogP contribution < -0.4 is 10.6 Å². The third kappa shape index (κ3) is 5.96. The zero-order valence-electron chi connectivity index (χ0n) is 12.1. The second-order valence-electron chi connectivity index (χ2n) is 4.94. The minimum Gasteiger partial charge on any atom is -0.338 e. The maximum Gasteiger partial charge on any atom is 0.314 e. The van der Waals surface area contributed by atoms with Crippen LogP contribution in [-0.4, -0.2) is 19.1 Å². The van der Waals surface area contributed by atoms with Crippen LogP contribution in [0, 0.1) is 0 Å². The third-order valence-electron chi connectivity index (χ3n) is 3.22. The largest absolute Gasteiger partial charge is 0.338 e. The molecule has 0 aromatic heterocycles. The summed E-state index contributed by atoms with van der Waals surface area (Å²) in [5.74, 6) is 0. The molecule has 0 saturated heterocycles. The Labute approximate surface area is 140 Å². The van der Waals surface area contributed by atoms with Crippen molar-refractivity contribution in [1.82, 2.24) is 10.6 Å². The molecule has 0 radical (unpaired) electrons. The maximum atomic E-state index is 11.7. The maximum absolute atomic E-state index is 11.7. The van der Waals surface area contributed by atoms with E-state index in [4.69, 9.17) is 23.2 Å². The first-order valence-electron chi connectivity index (χ1n) is 7.14. The molecule has 0 spiro atoms. The summed E-state index contributed by atoms with van der Waals surface area (Å²) in [6, 6.07) is 15.1. The highest BCUT2D eigenvalue weighted by atomic mass is 35.5.